The SMILES string of the molecule is F.O=C([O-])[O-].O=C([O-])[O-].O=C([O-])[O-].[Ce+3].[La+3]. The van der Waals surface area contributed by atoms with E-state index in [-0.39, 0.29) is 82.1 Å². The summed E-state index contributed by atoms with van der Waals surface area (Å²) < 4.78 is 0. The van der Waals surface area contributed by atoms with Gasteiger partial charge < -0.3 is 45.0 Å². The maximum absolute atomic E-state index is 8.33. The van der Waals surface area contributed by atoms with Gasteiger partial charge in [0.15, 0.2) is 0 Å². The minimum atomic E-state index is -2.33. The van der Waals surface area contributed by atoms with Crippen LogP contribution in [0.1, 0.15) is 0 Å². The summed E-state index contributed by atoms with van der Waals surface area (Å²) in [5.74, 6) is 0. The zero-order valence-electron chi connectivity index (χ0n) is 6.66. The summed E-state index contributed by atoms with van der Waals surface area (Å²) in [7, 11) is 0. The van der Waals surface area contributed by atoms with Crippen molar-refractivity contribution in [3.05, 3.63) is 0 Å². The van der Waals surface area contributed by atoms with Crippen molar-refractivity contribution in [1.29, 1.82) is 0 Å². The molecule has 0 spiro atoms. The van der Waals surface area contributed by atoms with Gasteiger partial charge in [0, 0.05) is 0 Å². The Morgan fingerprint density at radius 1 is 0.600 bits per heavy atom. The van der Waals surface area contributed by atoms with Crippen LogP contribution in [0.5, 0.6) is 0 Å². The zero-order chi connectivity index (χ0) is 10.7. The second-order valence-electron chi connectivity index (χ2n) is 0.750. The molecular weight excluding hydrogens is 478 g/mol. The van der Waals surface area contributed by atoms with Gasteiger partial charge >= 0.3 is 77.3 Å². The molecule has 0 heterocycles. The number of rotatable bonds is 0. The summed E-state index contributed by atoms with van der Waals surface area (Å²) in [4.78, 5) is 25.0. The Bertz CT molecular complexity index is 123. The number of hydrogen-bond donors (Lipinski definition) is 0. The second-order valence-corrected chi connectivity index (χ2v) is 0.750. The van der Waals surface area contributed by atoms with E-state index in [1.54, 1.807) is 0 Å². The van der Waals surface area contributed by atoms with Gasteiger partial charge in [-0.1, -0.05) is 0 Å². The maximum Gasteiger partial charge on any atom is 3.00 e. The molecule has 0 atom stereocenters. The molecule has 0 saturated carbocycles. The van der Waals surface area contributed by atoms with E-state index in [0.29, 0.717) is 0 Å². The minimum absolute atomic E-state index is 0. The number of carboxylic acid groups (broad SMARTS) is 6. The molecule has 0 unspecified atom stereocenters. The van der Waals surface area contributed by atoms with Crippen molar-refractivity contribution in [2.24, 2.45) is 0 Å². The first-order valence-corrected chi connectivity index (χ1v) is 1.84. The van der Waals surface area contributed by atoms with Crippen LogP contribution in [-0.2, 0) is 0 Å². The molecule has 0 saturated heterocycles. The van der Waals surface area contributed by atoms with Crippen molar-refractivity contribution in [2.75, 3.05) is 0 Å². The fourth-order valence-electron chi connectivity index (χ4n) is 0. The Hall–Kier alpha value is 0.311. The molecular formula is C3HCeFLaO9. The number of halogens is 1. The van der Waals surface area contributed by atoms with Gasteiger partial charge in [0.05, 0.1) is 0 Å². The maximum atomic E-state index is 8.33. The predicted octanol–water partition coefficient (Wildman–Crippen LogP) is -7.19. The number of carbonyl (C=O) groups is 3. The van der Waals surface area contributed by atoms with E-state index in [1.165, 1.54) is 0 Å². The summed E-state index contributed by atoms with van der Waals surface area (Å²) >= 11 is 0. The molecule has 9 nitrogen and oxygen atoms in total. The van der Waals surface area contributed by atoms with Crippen molar-refractivity contribution in [2.45, 2.75) is 0 Å². The van der Waals surface area contributed by atoms with Gasteiger partial charge in [0.2, 0.25) is 0 Å². The van der Waals surface area contributed by atoms with Crippen LogP contribution >= 0.6 is 0 Å². The van der Waals surface area contributed by atoms with Gasteiger partial charge in [-0.3, -0.25) is 4.70 Å². The van der Waals surface area contributed by atoms with Crippen LogP contribution in [0.15, 0.2) is 0 Å². The Morgan fingerprint density at radius 3 is 0.600 bits per heavy atom. The largest absolute Gasteiger partial charge is 3.00 e. The summed E-state index contributed by atoms with van der Waals surface area (Å²) in [6.45, 7) is 0. The molecule has 0 aliphatic rings. The topological polar surface area (TPSA) is 190 Å². The van der Waals surface area contributed by atoms with E-state index >= 15 is 0 Å². The molecule has 81 valence electrons. The molecule has 0 fully saturated rings. The molecule has 0 rings (SSSR count). The van der Waals surface area contributed by atoms with Crippen molar-refractivity contribution in [3.8, 4) is 0 Å². The molecule has 0 aromatic rings. The van der Waals surface area contributed by atoms with Crippen molar-refractivity contribution < 1.29 is 127 Å². The van der Waals surface area contributed by atoms with Crippen LogP contribution in [0.25, 0.3) is 0 Å². The summed E-state index contributed by atoms with van der Waals surface area (Å²) in [5.41, 5.74) is 0. The molecule has 0 amide bonds. The molecule has 0 aromatic heterocycles. The summed E-state index contributed by atoms with van der Waals surface area (Å²) in [6, 6.07) is 0. The van der Waals surface area contributed by atoms with Crippen LogP contribution < -0.4 is 30.6 Å². The third-order valence-electron chi connectivity index (χ3n) is 0. The standard InChI is InChI=1S/3CH2O3.Ce.FH.La/c3*2-1(3)4;;;/h3*(H2,2,3,4);;1H;/q;;;+3;;+3/p-6. The third-order valence-corrected chi connectivity index (χ3v) is 0. The smallest absolute Gasteiger partial charge is 0.652 e. The van der Waals surface area contributed by atoms with Gasteiger partial charge in [0.1, 0.15) is 0 Å². The minimum Gasteiger partial charge on any atom is -0.652 e. The van der Waals surface area contributed by atoms with E-state index in [0.717, 1.165) is 0 Å². The second kappa shape index (κ2) is 29.2. The first-order valence-electron chi connectivity index (χ1n) is 1.84. The molecule has 12 heteroatoms. The van der Waals surface area contributed by atoms with Crippen LogP contribution in [0.4, 0.5) is 19.1 Å². The monoisotopic (exact) mass is 479 g/mol. The molecule has 1 radical (unpaired) electrons. The van der Waals surface area contributed by atoms with Gasteiger partial charge in [-0.2, -0.15) is 0 Å². The fraction of sp³-hybridized carbons (Fsp3) is 0. The summed E-state index contributed by atoms with van der Waals surface area (Å²) in [6.07, 6.45) is -7.00. The molecule has 0 N–H and O–H groups in total. The summed E-state index contributed by atoms with van der Waals surface area (Å²) in [5, 5.41) is 50.0. The van der Waals surface area contributed by atoms with Gasteiger partial charge in [-0.25, -0.2) is 0 Å². The predicted molar refractivity (Wildman–Crippen MR) is 18.7 cm³/mol. The molecule has 0 aliphatic carbocycles. The molecule has 0 aliphatic heterocycles. The van der Waals surface area contributed by atoms with E-state index < -0.39 is 18.5 Å². The average Bonchev–Trinajstić information content (AvgIpc) is 1.54. The van der Waals surface area contributed by atoms with E-state index in [9.17, 15) is 0 Å². The Kier molecular flexibility index (Phi) is 70.5. The quantitative estimate of drug-likeness (QED) is 0.325. The fourth-order valence-corrected chi connectivity index (χ4v) is 0. The van der Waals surface area contributed by atoms with Gasteiger partial charge in [0.25, 0.3) is 0 Å². The van der Waals surface area contributed by atoms with Crippen molar-refractivity contribution >= 4 is 18.5 Å². The van der Waals surface area contributed by atoms with E-state index in [2.05, 4.69) is 0 Å². The zero-order valence-corrected chi connectivity index (χ0v) is 13.4. The first-order chi connectivity index (χ1) is 5.20. The van der Waals surface area contributed by atoms with Crippen molar-refractivity contribution in [3.63, 3.8) is 0 Å². The van der Waals surface area contributed by atoms with Crippen molar-refractivity contribution in [1.82, 2.24) is 0 Å². The van der Waals surface area contributed by atoms with Crippen LogP contribution in [0.2, 0.25) is 0 Å². The normalized spacial score (nSPS) is 4.80. The Morgan fingerprint density at radius 2 is 0.600 bits per heavy atom. The number of hydrogen-bond acceptors (Lipinski definition) is 9. The molecule has 0 aromatic carbocycles. The average molecular weight is 479 g/mol. The third kappa shape index (κ3) is 22400. The van der Waals surface area contributed by atoms with Crippen LogP contribution in [0.3, 0.4) is 0 Å². The van der Waals surface area contributed by atoms with Crippen LogP contribution in [-0.4, -0.2) is 18.5 Å². The molecule has 15 heavy (non-hydrogen) atoms. The Labute approximate surface area is 143 Å². The van der Waals surface area contributed by atoms with Gasteiger partial charge in [-0.15, -0.1) is 0 Å². The first kappa shape index (κ1) is 36.2. The van der Waals surface area contributed by atoms with Crippen LogP contribution in [0, 0.1) is 77.3 Å². The van der Waals surface area contributed by atoms with E-state index in [1.807, 2.05) is 0 Å². The van der Waals surface area contributed by atoms with Gasteiger partial charge in [-0.05, 0) is 18.5 Å². The van der Waals surface area contributed by atoms with E-state index in [4.69, 9.17) is 45.0 Å². The number of carbonyl (C=O) groups excluding carboxylic acids is 3. The molecule has 0 bridgehead atoms. The Balaban J connectivity index is -0.0000000184.